The number of benzene rings is 1. The van der Waals surface area contributed by atoms with Crippen LogP contribution in [-0.2, 0) is 12.6 Å². The van der Waals surface area contributed by atoms with Crippen LogP contribution in [0.1, 0.15) is 30.4 Å². The molecule has 1 aliphatic carbocycles. The van der Waals surface area contributed by atoms with E-state index in [-0.39, 0.29) is 44.3 Å². The van der Waals surface area contributed by atoms with E-state index >= 15 is 0 Å². The van der Waals surface area contributed by atoms with Gasteiger partial charge in [0.15, 0.2) is 0 Å². The highest BCUT2D eigenvalue weighted by molar-refractivity contribution is 5.65. The molecule has 1 saturated heterocycles. The number of carbonyl (C=O) groups is 1. The van der Waals surface area contributed by atoms with E-state index in [0.29, 0.717) is 6.07 Å². The molecule has 1 atom stereocenters. The minimum Gasteiger partial charge on any atom is -0.465 e. The first-order valence-electron chi connectivity index (χ1n) is 8.20. The molecule has 1 aliphatic heterocycles. The number of piperidine rings is 1. The molecule has 3 nitrogen and oxygen atoms in total. The van der Waals surface area contributed by atoms with Crippen molar-refractivity contribution in [3.8, 4) is 0 Å². The first kappa shape index (κ1) is 18.8. The molecule has 26 heavy (non-hydrogen) atoms. The van der Waals surface area contributed by atoms with Crippen molar-refractivity contribution in [2.24, 2.45) is 11.3 Å². The number of carboxylic acid groups (broad SMARTS) is 1. The zero-order valence-electron chi connectivity index (χ0n) is 13.6. The van der Waals surface area contributed by atoms with Gasteiger partial charge in [-0.25, -0.2) is 18.0 Å². The zero-order chi connectivity index (χ0) is 19.3. The maximum atomic E-state index is 14.3. The van der Waals surface area contributed by atoms with Gasteiger partial charge >= 0.3 is 12.3 Å². The highest BCUT2D eigenvalue weighted by Crippen LogP contribution is 2.72. The summed E-state index contributed by atoms with van der Waals surface area (Å²) in [4.78, 5) is 12.0. The van der Waals surface area contributed by atoms with Crippen molar-refractivity contribution in [1.29, 1.82) is 0 Å². The minimum atomic E-state index is -4.76. The highest BCUT2D eigenvalue weighted by atomic mass is 19.4. The summed E-state index contributed by atoms with van der Waals surface area (Å²) in [6, 6.07) is 2.25. The normalized spacial score (nSPS) is 23.9. The van der Waals surface area contributed by atoms with Gasteiger partial charge in [0.05, 0.1) is 5.56 Å². The quantitative estimate of drug-likeness (QED) is 0.764. The third-order valence-electron chi connectivity index (χ3n) is 5.69. The van der Waals surface area contributed by atoms with E-state index in [1.165, 1.54) is 0 Å². The third kappa shape index (κ3) is 3.01. The van der Waals surface area contributed by atoms with E-state index < -0.39 is 40.9 Å². The number of amides is 1. The topological polar surface area (TPSA) is 40.5 Å². The molecule has 1 spiro atoms. The van der Waals surface area contributed by atoms with Gasteiger partial charge in [0, 0.05) is 24.4 Å². The van der Waals surface area contributed by atoms with Gasteiger partial charge in [0.2, 0.25) is 0 Å². The van der Waals surface area contributed by atoms with Crippen molar-refractivity contribution in [3.63, 3.8) is 0 Å². The van der Waals surface area contributed by atoms with Crippen molar-refractivity contribution in [2.75, 3.05) is 13.1 Å². The lowest BCUT2D eigenvalue weighted by molar-refractivity contribution is -0.138. The predicted octanol–water partition coefficient (Wildman–Crippen LogP) is 4.80. The van der Waals surface area contributed by atoms with Gasteiger partial charge in [0.1, 0.15) is 5.82 Å². The fourth-order valence-electron chi connectivity index (χ4n) is 4.16. The number of aryl methyl sites for hydroxylation is 1. The Morgan fingerprint density at radius 2 is 1.85 bits per heavy atom. The van der Waals surface area contributed by atoms with Gasteiger partial charge in [-0.15, -0.1) is 0 Å². The highest BCUT2D eigenvalue weighted by Gasteiger charge is 2.79. The third-order valence-corrected chi connectivity index (χ3v) is 5.69. The Balaban J connectivity index is 1.71. The zero-order valence-corrected chi connectivity index (χ0v) is 13.6. The van der Waals surface area contributed by atoms with Crippen LogP contribution in [-0.4, -0.2) is 35.1 Å². The van der Waals surface area contributed by atoms with Gasteiger partial charge in [0.25, 0.3) is 5.92 Å². The lowest BCUT2D eigenvalue weighted by Crippen LogP contribution is -2.39. The lowest BCUT2D eigenvalue weighted by Gasteiger charge is -2.30. The molecular formula is C17H17F6NO2. The number of hydrogen-bond acceptors (Lipinski definition) is 1. The lowest BCUT2D eigenvalue weighted by atomic mass is 9.88. The molecule has 9 heteroatoms. The van der Waals surface area contributed by atoms with Crippen molar-refractivity contribution in [3.05, 3.63) is 35.1 Å². The van der Waals surface area contributed by atoms with Crippen LogP contribution in [0.5, 0.6) is 0 Å². The van der Waals surface area contributed by atoms with Crippen LogP contribution < -0.4 is 0 Å². The van der Waals surface area contributed by atoms with E-state index in [0.717, 1.165) is 17.0 Å². The number of alkyl halides is 5. The van der Waals surface area contributed by atoms with Gasteiger partial charge in [-0.3, -0.25) is 0 Å². The van der Waals surface area contributed by atoms with E-state index in [1.54, 1.807) is 0 Å². The molecular weight excluding hydrogens is 364 g/mol. The second kappa shape index (κ2) is 6.06. The Bertz CT molecular complexity index is 710. The van der Waals surface area contributed by atoms with E-state index in [4.69, 9.17) is 5.11 Å². The molecule has 1 heterocycles. The molecule has 1 unspecified atom stereocenters. The fraction of sp³-hybridized carbons (Fsp3) is 0.588. The van der Waals surface area contributed by atoms with Crippen LogP contribution in [0.15, 0.2) is 18.2 Å². The van der Waals surface area contributed by atoms with Gasteiger partial charge in [-0.1, -0.05) is 6.07 Å². The molecule has 0 radical (unpaired) electrons. The fourth-order valence-corrected chi connectivity index (χ4v) is 4.16. The molecule has 2 fully saturated rings. The molecule has 144 valence electrons. The number of halogens is 6. The molecule has 0 bridgehead atoms. The molecule has 1 amide bonds. The van der Waals surface area contributed by atoms with Crippen LogP contribution in [0.3, 0.4) is 0 Å². The number of nitrogens with zero attached hydrogens (tertiary/aromatic N) is 1. The molecule has 1 aromatic carbocycles. The number of rotatable bonds is 3. The summed E-state index contributed by atoms with van der Waals surface area (Å²) in [5, 5.41) is 8.91. The largest absolute Gasteiger partial charge is 0.465 e. The summed E-state index contributed by atoms with van der Waals surface area (Å²) in [5.74, 6) is -5.14. The first-order valence-corrected chi connectivity index (χ1v) is 8.20. The van der Waals surface area contributed by atoms with Crippen molar-refractivity contribution in [1.82, 2.24) is 4.90 Å². The Morgan fingerprint density at radius 3 is 2.38 bits per heavy atom. The number of hydrogen-bond donors (Lipinski definition) is 1. The van der Waals surface area contributed by atoms with Crippen LogP contribution in [0.4, 0.5) is 31.1 Å². The Kier molecular flexibility index (Phi) is 4.39. The van der Waals surface area contributed by atoms with Gasteiger partial charge in [-0.05, 0) is 43.4 Å². The molecule has 1 aromatic rings. The average molecular weight is 381 g/mol. The second-order valence-electron chi connectivity index (χ2n) is 6.94. The standard InChI is InChI=1S/C17H17F6NO2/c18-11-3-1-10(12(9-11)17(21,22)23)2-4-13-15(16(13,19)20)5-7-24(8-6-15)14(25)26/h1,3,9,13H,2,4-8H2,(H,25,26). The maximum Gasteiger partial charge on any atom is 0.416 e. The summed E-state index contributed by atoms with van der Waals surface area (Å²) < 4.78 is 80.8. The predicted molar refractivity (Wildman–Crippen MR) is 79.4 cm³/mol. The maximum absolute atomic E-state index is 14.3. The summed E-state index contributed by atoms with van der Waals surface area (Å²) in [7, 11) is 0. The summed E-state index contributed by atoms with van der Waals surface area (Å²) in [5.41, 5.74) is -2.69. The monoisotopic (exact) mass is 381 g/mol. The van der Waals surface area contributed by atoms with E-state index in [1.807, 2.05) is 0 Å². The van der Waals surface area contributed by atoms with Crippen LogP contribution in [0.25, 0.3) is 0 Å². The molecule has 3 rings (SSSR count). The van der Waals surface area contributed by atoms with Crippen molar-refractivity contribution < 1.29 is 36.2 Å². The van der Waals surface area contributed by atoms with E-state index in [2.05, 4.69) is 0 Å². The molecule has 1 N–H and O–H groups in total. The summed E-state index contributed by atoms with van der Waals surface area (Å²) >= 11 is 0. The SMILES string of the molecule is O=C(O)N1CCC2(CC1)C(CCc1ccc(F)cc1C(F)(F)F)C2(F)F. The Hall–Kier alpha value is -1.93. The van der Waals surface area contributed by atoms with Gasteiger partial charge < -0.3 is 10.0 Å². The summed E-state index contributed by atoms with van der Waals surface area (Å²) in [6.07, 6.45) is -6.33. The van der Waals surface area contributed by atoms with Crippen LogP contribution in [0, 0.1) is 17.2 Å². The van der Waals surface area contributed by atoms with Gasteiger partial charge in [-0.2, -0.15) is 13.2 Å². The van der Waals surface area contributed by atoms with E-state index in [9.17, 15) is 31.1 Å². The number of likely N-dealkylation sites (tertiary alicyclic amines) is 1. The first-order chi connectivity index (χ1) is 12.0. The molecule has 1 saturated carbocycles. The minimum absolute atomic E-state index is 0.00743. The van der Waals surface area contributed by atoms with Crippen LogP contribution >= 0.6 is 0 Å². The van der Waals surface area contributed by atoms with Crippen molar-refractivity contribution in [2.45, 2.75) is 37.8 Å². The Labute approximate surface area is 145 Å². The molecule has 2 aliphatic rings. The van der Waals surface area contributed by atoms with Crippen molar-refractivity contribution >= 4 is 6.09 Å². The molecule has 0 aromatic heterocycles. The van der Waals surface area contributed by atoms with Crippen LogP contribution in [0.2, 0.25) is 0 Å². The second-order valence-corrected chi connectivity index (χ2v) is 6.94. The Morgan fingerprint density at radius 1 is 1.23 bits per heavy atom. The summed E-state index contributed by atoms with van der Waals surface area (Å²) in [6.45, 7) is -0.0163. The smallest absolute Gasteiger partial charge is 0.416 e. The average Bonchev–Trinajstić information content (AvgIpc) is 2.99.